The van der Waals surface area contributed by atoms with Crippen LogP contribution in [0.1, 0.15) is 27.2 Å². The summed E-state index contributed by atoms with van der Waals surface area (Å²) in [4.78, 5) is 9.45. The number of halogens is 1. The first kappa shape index (κ1) is 22.0. The molecule has 6 heteroatoms. The van der Waals surface area contributed by atoms with E-state index in [9.17, 15) is 0 Å². The molecule has 25 heavy (non-hydrogen) atoms. The summed E-state index contributed by atoms with van der Waals surface area (Å²) in [7, 11) is 4.20. The maximum Gasteiger partial charge on any atom is 0.191 e. The van der Waals surface area contributed by atoms with E-state index >= 15 is 0 Å². The zero-order valence-corrected chi connectivity index (χ0v) is 18.6. The highest BCUT2D eigenvalue weighted by Crippen LogP contribution is 2.19. The fraction of sp³-hybridized carbons (Fsp3) is 0.632. The molecule has 2 rings (SSSR count). The number of benzene rings is 1. The van der Waals surface area contributed by atoms with Gasteiger partial charge in [0.25, 0.3) is 0 Å². The molecule has 1 saturated heterocycles. The van der Waals surface area contributed by atoms with Crippen LogP contribution in [0.5, 0.6) is 0 Å². The smallest absolute Gasteiger partial charge is 0.191 e. The van der Waals surface area contributed by atoms with Crippen LogP contribution >= 0.6 is 24.0 Å². The van der Waals surface area contributed by atoms with Crippen molar-refractivity contribution < 1.29 is 0 Å². The molecule has 1 heterocycles. The molecule has 0 aliphatic carbocycles. The summed E-state index contributed by atoms with van der Waals surface area (Å²) in [6.45, 7) is 10.3. The average Bonchev–Trinajstić information content (AvgIpc) is 3.02. The number of likely N-dealkylation sites (N-methyl/N-ethyl adjacent to an activating group) is 1. The lowest BCUT2D eigenvalue weighted by atomic mass is 10.1. The highest BCUT2D eigenvalue weighted by atomic mass is 127. The Morgan fingerprint density at radius 2 is 1.96 bits per heavy atom. The second kappa shape index (κ2) is 10.2. The zero-order valence-electron chi connectivity index (χ0n) is 16.2. The minimum atomic E-state index is 0. The molecule has 0 amide bonds. The molecular weight excluding hydrogens is 425 g/mol. The number of anilines is 1. The number of nitrogens with one attached hydrogen (secondary N) is 2. The molecule has 1 aliphatic rings. The summed E-state index contributed by atoms with van der Waals surface area (Å²) in [5.41, 5.74) is 1.35. The third-order valence-electron chi connectivity index (χ3n) is 4.83. The Morgan fingerprint density at radius 3 is 2.56 bits per heavy atom. The van der Waals surface area contributed by atoms with Crippen molar-refractivity contribution in [3.8, 4) is 0 Å². The van der Waals surface area contributed by atoms with Gasteiger partial charge < -0.3 is 20.4 Å². The maximum absolute atomic E-state index is 4.80. The summed E-state index contributed by atoms with van der Waals surface area (Å²) >= 11 is 0. The van der Waals surface area contributed by atoms with E-state index in [-0.39, 0.29) is 29.5 Å². The lowest BCUT2D eigenvalue weighted by Gasteiger charge is -2.31. The lowest BCUT2D eigenvalue weighted by Crippen LogP contribution is -2.47. The minimum Gasteiger partial charge on any atom is -0.369 e. The number of aliphatic imine (C=N–C) groups is 1. The summed E-state index contributed by atoms with van der Waals surface area (Å²) < 4.78 is 0. The van der Waals surface area contributed by atoms with Crippen LogP contribution < -0.4 is 15.5 Å². The fourth-order valence-electron chi connectivity index (χ4n) is 2.68. The van der Waals surface area contributed by atoms with Gasteiger partial charge in [-0.2, -0.15) is 0 Å². The molecule has 0 bridgehead atoms. The number of para-hydroxylation sites is 1. The number of rotatable bonds is 6. The van der Waals surface area contributed by atoms with Crippen molar-refractivity contribution in [1.82, 2.24) is 15.5 Å². The molecule has 0 radical (unpaired) electrons. The molecule has 1 atom stereocenters. The normalized spacial score (nSPS) is 18.2. The highest BCUT2D eigenvalue weighted by molar-refractivity contribution is 14.0. The van der Waals surface area contributed by atoms with Gasteiger partial charge >= 0.3 is 0 Å². The molecule has 0 spiro atoms. The molecule has 5 nitrogen and oxygen atoms in total. The molecule has 0 aromatic heterocycles. The molecule has 1 fully saturated rings. The molecule has 0 saturated carbocycles. The van der Waals surface area contributed by atoms with Crippen molar-refractivity contribution >= 4 is 35.6 Å². The number of hydrogen-bond donors (Lipinski definition) is 2. The van der Waals surface area contributed by atoms with Gasteiger partial charge in [-0.3, -0.25) is 4.99 Å². The van der Waals surface area contributed by atoms with Crippen LogP contribution in [-0.2, 0) is 0 Å². The van der Waals surface area contributed by atoms with Crippen LogP contribution in [0, 0.1) is 0 Å². The van der Waals surface area contributed by atoms with Gasteiger partial charge in [-0.05, 0) is 53.4 Å². The maximum atomic E-state index is 4.80. The quantitative estimate of drug-likeness (QED) is 0.390. The Labute approximate surface area is 170 Å². The second-order valence-corrected chi connectivity index (χ2v) is 7.31. The number of hydrogen-bond acceptors (Lipinski definition) is 3. The van der Waals surface area contributed by atoms with Crippen LogP contribution in [0.3, 0.4) is 0 Å². The van der Waals surface area contributed by atoms with Gasteiger partial charge in [0.2, 0.25) is 0 Å². The number of nitrogens with zero attached hydrogens (tertiary/aromatic N) is 3. The molecule has 2 N–H and O–H groups in total. The lowest BCUT2D eigenvalue weighted by molar-refractivity contribution is 0.204. The fourth-order valence-corrected chi connectivity index (χ4v) is 2.68. The molecule has 1 aliphatic heterocycles. The van der Waals surface area contributed by atoms with Crippen molar-refractivity contribution in [3.63, 3.8) is 0 Å². The molecule has 1 aromatic carbocycles. The van der Waals surface area contributed by atoms with E-state index in [0.29, 0.717) is 6.04 Å². The highest BCUT2D eigenvalue weighted by Gasteiger charge is 2.24. The Hall–Kier alpha value is -1.02. The summed E-state index contributed by atoms with van der Waals surface area (Å²) in [5, 5.41) is 6.98. The monoisotopic (exact) mass is 459 g/mol. The van der Waals surface area contributed by atoms with Crippen molar-refractivity contribution in [2.24, 2.45) is 4.99 Å². The van der Waals surface area contributed by atoms with Crippen LogP contribution in [0.4, 0.5) is 5.69 Å². The van der Waals surface area contributed by atoms with Gasteiger partial charge in [0.05, 0.1) is 6.54 Å². The molecule has 1 aromatic rings. The van der Waals surface area contributed by atoms with Crippen LogP contribution in [0.25, 0.3) is 0 Å². The van der Waals surface area contributed by atoms with Crippen molar-refractivity contribution in [2.45, 2.75) is 38.8 Å². The van der Waals surface area contributed by atoms with Gasteiger partial charge in [-0.15, -0.1) is 24.0 Å². The predicted molar refractivity (Wildman–Crippen MR) is 119 cm³/mol. The van der Waals surface area contributed by atoms with Crippen molar-refractivity contribution in [2.75, 3.05) is 45.2 Å². The first-order valence-electron chi connectivity index (χ1n) is 8.94. The third kappa shape index (κ3) is 6.66. The van der Waals surface area contributed by atoms with Gasteiger partial charge in [-0.25, -0.2) is 0 Å². The standard InChI is InChI=1S/C19H33N5.HI/c1-6-20-18(21-15-19(2,3)23(4)5)22-16-12-13-24(14-16)17-10-8-7-9-11-17;/h7-11,16H,6,12-15H2,1-5H3,(H2,20,21,22);1H. The van der Waals surface area contributed by atoms with E-state index in [2.05, 4.69) is 85.6 Å². The average molecular weight is 459 g/mol. The van der Waals surface area contributed by atoms with Crippen LogP contribution in [0.2, 0.25) is 0 Å². The van der Waals surface area contributed by atoms with E-state index in [4.69, 9.17) is 4.99 Å². The SMILES string of the molecule is CCNC(=NCC(C)(C)N(C)C)NC1CCN(c2ccccc2)C1.I. The Bertz CT molecular complexity index is 530. The first-order chi connectivity index (χ1) is 11.4. The van der Waals surface area contributed by atoms with Gasteiger partial charge in [0.15, 0.2) is 5.96 Å². The summed E-state index contributed by atoms with van der Waals surface area (Å²) in [6.07, 6.45) is 1.14. The van der Waals surface area contributed by atoms with Gasteiger partial charge in [0, 0.05) is 36.9 Å². The van der Waals surface area contributed by atoms with Gasteiger partial charge in [-0.1, -0.05) is 18.2 Å². The predicted octanol–water partition coefficient (Wildman–Crippen LogP) is 2.78. The summed E-state index contributed by atoms with van der Waals surface area (Å²) in [5.74, 6) is 0.923. The minimum absolute atomic E-state index is 0. The third-order valence-corrected chi connectivity index (χ3v) is 4.83. The van der Waals surface area contributed by atoms with E-state index < -0.39 is 0 Å². The molecule has 142 valence electrons. The molecule has 1 unspecified atom stereocenters. The Kier molecular flexibility index (Phi) is 8.99. The van der Waals surface area contributed by atoms with E-state index in [1.165, 1.54) is 5.69 Å². The van der Waals surface area contributed by atoms with Crippen molar-refractivity contribution in [3.05, 3.63) is 30.3 Å². The first-order valence-corrected chi connectivity index (χ1v) is 8.94. The van der Waals surface area contributed by atoms with E-state index in [1.54, 1.807) is 0 Å². The van der Waals surface area contributed by atoms with Gasteiger partial charge in [0.1, 0.15) is 0 Å². The summed E-state index contributed by atoms with van der Waals surface area (Å²) in [6, 6.07) is 11.1. The number of guanidine groups is 1. The van der Waals surface area contributed by atoms with Crippen LogP contribution in [-0.4, -0.2) is 62.7 Å². The largest absolute Gasteiger partial charge is 0.369 e. The zero-order chi connectivity index (χ0) is 17.6. The van der Waals surface area contributed by atoms with E-state index in [0.717, 1.165) is 38.6 Å². The topological polar surface area (TPSA) is 42.9 Å². The molecular formula is C19H34IN5. The van der Waals surface area contributed by atoms with E-state index in [1.807, 2.05) is 0 Å². The Balaban J connectivity index is 0.00000312. The van der Waals surface area contributed by atoms with Crippen LogP contribution in [0.15, 0.2) is 35.3 Å². The Morgan fingerprint density at radius 1 is 1.28 bits per heavy atom. The second-order valence-electron chi connectivity index (χ2n) is 7.31. The van der Waals surface area contributed by atoms with Crippen molar-refractivity contribution in [1.29, 1.82) is 0 Å².